The zero-order valence-corrected chi connectivity index (χ0v) is 8.30. The van der Waals surface area contributed by atoms with E-state index in [0.29, 0.717) is 0 Å². The van der Waals surface area contributed by atoms with Crippen LogP contribution in [-0.4, -0.2) is 16.8 Å². The van der Waals surface area contributed by atoms with Gasteiger partial charge in [0.05, 0.1) is 11.8 Å². The highest BCUT2D eigenvalue weighted by molar-refractivity contribution is 9.10. The number of aromatic amines is 1. The minimum atomic E-state index is 0.234. The number of rotatable bonds is 1. The molecule has 1 saturated heterocycles. The lowest BCUT2D eigenvalue weighted by Gasteiger charge is -2.20. The number of nitrogens with one attached hydrogen (secondary N) is 1. The van der Waals surface area contributed by atoms with Gasteiger partial charge in [-0.1, -0.05) is 0 Å². The highest BCUT2D eigenvalue weighted by atomic mass is 79.9. The molecule has 1 atom stereocenters. The Balaban J connectivity index is 2.08. The van der Waals surface area contributed by atoms with Crippen LogP contribution in [0.5, 0.6) is 0 Å². The van der Waals surface area contributed by atoms with Crippen molar-refractivity contribution in [3.05, 3.63) is 16.4 Å². The monoisotopic (exact) mass is 230 g/mol. The van der Waals surface area contributed by atoms with Crippen molar-refractivity contribution in [3.63, 3.8) is 0 Å². The summed E-state index contributed by atoms with van der Waals surface area (Å²) in [5, 5.41) is 6.96. The highest BCUT2D eigenvalue weighted by Gasteiger charge is 2.17. The Morgan fingerprint density at radius 2 is 2.50 bits per heavy atom. The van der Waals surface area contributed by atoms with Crippen LogP contribution in [0.1, 0.15) is 31.1 Å². The maximum Gasteiger partial charge on any atom is 0.128 e. The Labute approximate surface area is 79.6 Å². The van der Waals surface area contributed by atoms with E-state index in [2.05, 4.69) is 26.1 Å². The van der Waals surface area contributed by atoms with Crippen LogP contribution in [0.15, 0.2) is 10.7 Å². The van der Waals surface area contributed by atoms with Crippen molar-refractivity contribution in [2.45, 2.75) is 25.4 Å². The minimum Gasteiger partial charge on any atom is -0.372 e. The fraction of sp³-hybridized carbons (Fsp3) is 0.625. The molecule has 0 radical (unpaired) electrons. The molecular weight excluding hydrogens is 220 g/mol. The number of nitrogens with zero attached hydrogens (tertiary/aromatic N) is 1. The Morgan fingerprint density at radius 1 is 1.58 bits per heavy atom. The van der Waals surface area contributed by atoms with Gasteiger partial charge in [0.1, 0.15) is 4.60 Å². The summed E-state index contributed by atoms with van der Waals surface area (Å²) < 4.78 is 6.44. The topological polar surface area (TPSA) is 37.9 Å². The molecule has 0 aliphatic carbocycles. The smallest absolute Gasteiger partial charge is 0.128 e. The second kappa shape index (κ2) is 3.58. The van der Waals surface area contributed by atoms with E-state index in [0.717, 1.165) is 23.3 Å². The second-order valence-corrected chi connectivity index (χ2v) is 3.81. The quantitative estimate of drug-likeness (QED) is 0.805. The van der Waals surface area contributed by atoms with Crippen LogP contribution in [0.4, 0.5) is 0 Å². The molecule has 0 aromatic carbocycles. The van der Waals surface area contributed by atoms with E-state index in [-0.39, 0.29) is 6.10 Å². The lowest BCUT2D eigenvalue weighted by Crippen LogP contribution is -2.11. The van der Waals surface area contributed by atoms with Crippen LogP contribution in [0.2, 0.25) is 0 Å². The molecule has 4 heteroatoms. The normalized spacial score (nSPS) is 24.2. The molecule has 1 unspecified atom stereocenters. The summed E-state index contributed by atoms with van der Waals surface area (Å²) in [5.74, 6) is 0. The van der Waals surface area contributed by atoms with Gasteiger partial charge in [-0.05, 0) is 41.3 Å². The predicted molar refractivity (Wildman–Crippen MR) is 48.8 cm³/mol. The van der Waals surface area contributed by atoms with E-state index >= 15 is 0 Å². The predicted octanol–water partition coefficient (Wildman–Crippen LogP) is 2.41. The summed E-state index contributed by atoms with van der Waals surface area (Å²) in [6.07, 6.45) is 3.78. The largest absolute Gasteiger partial charge is 0.372 e. The van der Waals surface area contributed by atoms with Gasteiger partial charge in [-0.2, -0.15) is 5.10 Å². The van der Waals surface area contributed by atoms with Crippen molar-refractivity contribution >= 4 is 15.9 Å². The molecule has 12 heavy (non-hydrogen) atoms. The van der Waals surface area contributed by atoms with Crippen LogP contribution < -0.4 is 0 Å². The summed E-state index contributed by atoms with van der Waals surface area (Å²) in [5.41, 5.74) is 1.08. The van der Waals surface area contributed by atoms with E-state index in [4.69, 9.17) is 4.74 Å². The minimum absolute atomic E-state index is 0.234. The van der Waals surface area contributed by atoms with Gasteiger partial charge in [-0.3, -0.25) is 5.10 Å². The molecule has 1 N–H and O–H groups in total. The first-order chi connectivity index (χ1) is 5.86. The van der Waals surface area contributed by atoms with Gasteiger partial charge in [0.2, 0.25) is 0 Å². The number of aromatic nitrogens is 2. The van der Waals surface area contributed by atoms with Gasteiger partial charge in [0, 0.05) is 6.61 Å². The van der Waals surface area contributed by atoms with E-state index in [9.17, 15) is 0 Å². The molecule has 0 bridgehead atoms. The molecule has 1 aromatic rings. The third kappa shape index (κ3) is 1.69. The Bertz CT molecular complexity index is 255. The first kappa shape index (κ1) is 8.26. The van der Waals surface area contributed by atoms with Crippen molar-refractivity contribution < 1.29 is 4.74 Å². The van der Waals surface area contributed by atoms with E-state index in [1.165, 1.54) is 12.8 Å². The van der Waals surface area contributed by atoms with Gasteiger partial charge in [0.25, 0.3) is 0 Å². The zero-order chi connectivity index (χ0) is 8.39. The summed E-state index contributed by atoms with van der Waals surface area (Å²) in [6.45, 7) is 0.876. The lowest BCUT2D eigenvalue weighted by atomic mass is 10.1. The molecular formula is C8H11BrN2O. The van der Waals surface area contributed by atoms with Crippen LogP contribution in [0.3, 0.4) is 0 Å². The third-order valence-electron chi connectivity index (χ3n) is 2.09. The summed E-state index contributed by atoms with van der Waals surface area (Å²) in [4.78, 5) is 0. The number of ether oxygens (including phenoxy) is 1. The van der Waals surface area contributed by atoms with Gasteiger partial charge in [0.15, 0.2) is 0 Å². The Kier molecular flexibility index (Phi) is 2.46. The van der Waals surface area contributed by atoms with Crippen molar-refractivity contribution in [1.82, 2.24) is 10.2 Å². The van der Waals surface area contributed by atoms with Crippen LogP contribution in [0.25, 0.3) is 0 Å². The van der Waals surface area contributed by atoms with Gasteiger partial charge in [-0.15, -0.1) is 0 Å². The van der Waals surface area contributed by atoms with Crippen LogP contribution >= 0.6 is 15.9 Å². The average molecular weight is 231 g/mol. The zero-order valence-electron chi connectivity index (χ0n) is 6.72. The average Bonchev–Trinajstić information content (AvgIpc) is 2.54. The molecule has 1 fully saturated rings. The molecule has 1 aromatic heterocycles. The number of H-pyrrole nitrogens is 1. The first-order valence-corrected chi connectivity index (χ1v) is 4.98. The lowest BCUT2D eigenvalue weighted by molar-refractivity contribution is 0.0123. The van der Waals surface area contributed by atoms with E-state index in [1.54, 1.807) is 0 Å². The van der Waals surface area contributed by atoms with Crippen molar-refractivity contribution in [1.29, 1.82) is 0 Å². The second-order valence-electron chi connectivity index (χ2n) is 3.00. The van der Waals surface area contributed by atoms with Crippen molar-refractivity contribution in [2.24, 2.45) is 0 Å². The summed E-state index contributed by atoms with van der Waals surface area (Å²) in [7, 11) is 0. The maximum atomic E-state index is 5.59. The van der Waals surface area contributed by atoms with E-state index in [1.807, 2.05) is 6.07 Å². The van der Waals surface area contributed by atoms with Crippen LogP contribution in [-0.2, 0) is 4.74 Å². The Hall–Kier alpha value is -0.350. The van der Waals surface area contributed by atoms with Crippen LogP contribution in [0, 0.1) is 0 Å². The molecule has 0 spiro atoms. The van der Waals surface area contributed by atoms with Gasteiger partial charge >= 0.3 is 0 Å². The van der Waals surface area contributed by atoms with E-state index < -0.39 is 0 Å². The van der Waals surface area contributed by atoms with Crippen molar-refractivity contribution in [3.8, 4) is 0 Å². The highest BCUT2D eigenvalue weighted by Crippen LogP contribution is 2.27. The fourth-order valence-corrected chi connectivity index (χ4v) is 1.80. The molecule has 66 valence electrons. The molecule has 1 aliphatic rings. The Morgan fingerprint density at radius 3 is 3.08 bits per heavy atom. The fourth-order valence-electron chi connectivity index (χ4n) is 1.46. The summed E-state index contributed by atoms with van der Waals surface area (Å²) in [6, 6.07) is 1.98. The standard InChI is InChI=1S/C8H11BrN2O/c9-8-5-6(10-11-8)7-3-1-2-4-12-7/h5,7H,1-4H2,(H,10,11). The SMILES string of the molecule is Brc1cc(C2CCCCO2)[nH]n1. The first-order valence-electron chi connectivity index (χ1n) is 4.18. The molecule has 2 rings (SSSR count). The third-order valence-corrected chi connectivity index (χ3v) is 2.50. The van der Waals surface area contributed by atoms with Gasteiger partial charge in [-0.25, -0.2) is 0 Å². The summed E-state index contributed by atoms with van der Waals surface area (Å²) >= 11 is 3.30. The maximum absolute atomic E-state index is 5.59. The molecule has 3 nitrogen and oxygen atoms in total. The van der Waals surface area contributed by atoms with Crippen molar-refractivity contribution in [2.75, 3.05) is 6.61 Å². The molecule has 0 amide bonds. The van der Waals surface area contributed by atoms with Gasteiger partial charge < -0.3 is 4.74 Å². The number of halogens is 1. The molecule has 0 saturated carbocycles. The number of hydrogen-bond acceptors (Lipinski definition) is 2. The number of hydrogen-bond donors (Lipinski definition) is 1. The molecule has 2 heterocycles. The molecule has 1 aliphatic heterocycles.